The summed E-state index contributed by atoms with van der Waals surface area (Å²) in [4.78, 5) is 16.3. The van der Waals surface area contributed by atoms with Gasteiger partial charge in [0.15, 0.2) is 9.84 Å². The van der Waals surface area contributed by atoms with Crippen LogP contribution in [-0.2, 0) is 9.84 Å². The Kier molecular flexibility index (Phi) is 4.15. The lowest BCUT2D eigenvalue weighted by Gasteiger charge is -2.12. The Morgan fingerprint density at radius 2 is 2.15 bits per heavy atom. The molecular formula is C13H15ClN2O3S. The number of sulfone groups is 1. The summed E-state index contributed by atoms with van der Waals surface area (Å²) >= 11 is 5.90. The third-order valence-electron chi connectivity index (χ3n) is 2.91. The second kappa shape index (κ2) is 5.54. The number of rotatable bonds is 3. The van der Waals surface area contributed by atoms with E-state index in [1.54, 1.807) is 6.07 Å². The van der Waals surface area contributed by atoms with Crippen LogP contribution in [0.2, 0.25) is 5.15 Å². The first kappa shape index (κ1) is 15.0. The highest BCUT2D eigenvalue weighted by atomic mass is 35.5. The number of pyridine rings is 1. The van der Waals surface area contributed by atoms with Gasteiger partial charge in [-0.25, -0.2) is 13.4 Å². The van der Waals surface area contributed by atoms with E-state index in [4.69, 9.17) is 11.6 Å². The molecule has 5 nitrogen and oxygen atoms in total. The molecule has 1 aliphatic heterocycles. The van der Waals surface area contributed by atoms with Gasteiger partial charge in [-0.3, -0.25) is 4.79 Å². The minimum atomic E-state index is -3.19. The minimum Gasteiger partial charge on any atom is -0.345 e. The van der Waals surface area contributed by atoms with Crippen molar-refractivity contribution in [1.82, 2.24) is 10.3 Å². The Bertz CT molecular complexity index is 668. The summed E-state index contributed by atoms with van der Waals surface area (Å²) in [5.41, 5.74) is 1.10. The summed E-state index contributed by atoms with van der Waals surface area (Å²) in [6.07, 6.45) is 1.47. The molecule has 1 unspecified atom stereocenters. The summed E-state index contributed by atoms with van der Waals surface area (Å²) in [5.74, 6) is -0.316. The van der Waals surface area contributed by atoms with Gasteiger partial charge in [-0.05, 0) is 24.1 Å². The SMILES string of the molecule is CC(C)c1cc(C(=O)NC2C=CS(=O)(=O)C2)cc(Cl)n1. The molecule has 1 atom stereocenters. The molecule has 1 aromatic rings. The van der Waals surface area contributed by atoms with E-state index >= 15 is 0 Å². The van der Waals surface area contributed by atoms with Crippen LogP contribution in [0.15, 0.2) is 23.6 Å². The van der Waals surface area contributed by atoms with Gasteiger partial charge in [0.2, 0.25) is 0 Å². The van der Waals surface area contributed by atoms with Crippen molar-refractivity contribution in [1.29, 1.82) is 0 Å². The number of amides is 1. The van der Waals surface area contributed by atoms with Gasteiger partial charge in [0.25, 0.3) is 5.91 Å². The molecule has 0 spiro atoms. The fraction of sp³-hybridized carbons (Fsp3) is 0.385. The predicted octanol–water partition coefficient (Wildman–Crippen LogP) is 1.90. The third-order valence-corrected chi connectivity index (χ3v) is 4.50. The Balaban J connectivity index is 2.16. The van der Waals surface area contributed by atoms with E-state index in [1.807, 2.05) is 13.8 Å². The van der Waals surface area contributed by atoms with Crippen LogP contribution in [0.25, 0.3) is 0 Å². The van der Waals surface area contributed by atoms with E-state index in [1.165, 1.54) is 12.1 Å². The van der Waals surface area contributed by atoms with E-state index in [-0.39, 0.29) is 22.7 Å². The van der Waals surface area contributed by atoms with Gasteiger partial charge < -0.3 is 5.32 Å². The van der Waals surface area contributed by atoms with Crippen LogP contribution < -0.4 is 5.32 Å². The second-order valence-electron chi connectivity index (χ2n) is 5.00. The van der Waals surface area contributed by atoms with E-state index in [0.29, 0.717) is 5.56 Å². The first-order chi connectivity index (χ1) is 9.27. The molecule has 1 amide bonds. The lowest BCUT2D eigenvalue weighted by atomic mass is 10.1. The highest BCUT2D eigenvalue weighted by Gasteiger charge is 2.23. The van der Waals surface area contributed by atoms with Gasteiger partial charge in [-0.2, -0.15) is 0 Å². The molecule has 0 fully saturated rings. The van der Waals surface area contributed by atoms with Crippen LogP contribution in [-0.4, -0.2) is 31.1 Å². The molecule has 7 heteroatoms. The molecule has 108 valence electrons. The number of aromatic nitrogens is 1. The number of nitrogens with zero attached hydrogens (tertiary/aromatic N) is 1. The Morgan fingerprint density at radius 1 is 1.45 bits per heavy atom. The van der Waals surface area contributed by atoms with Crippen molar-refractivity contribution in [3.8, 4) is 0 Å². The van der Waals surface area contributed by atoms with E-state index < -0.39 is 15.9 Å². The number of halogens is 1. The first-order valence-corrected chi connectivity index (χ1v) is 8.25. The van der Waals surface area contributed by atoms with Gasteiger partial charge in [0, 0.05) is 16.7 Å². The first-order valence-electron chi connectivity index (χ1n) is 6.16. The van der Waals surface area contributed by atoms with Crippen molar-refractivity contribution in [2.75, 3.05) is 5.75 Å². The summed E-state index contributed by atoms with van der Waals surface area (Å²) in [7, 11) is -3.19. The average Bonchev–Trinajstić information content (AvgIpc) is 2.67. The van der Waals surface area contributed by atoms with Gasteiger partial charge in [-0.1, -0.05) is 25.4 Å². The molecule has 0 radical (unpaired) electrons. The minimum absolute atomic E-state index is 0.103. The van der Waals surface area contributed by atoms with Gasteiger partial charge in [0.1, 0.15) is 5.15 Å². The lowest BCUT2D eigenvalue weighted by molar-refractivity contribution is 0.0947. The number of hydrogen-bond donors (Lipinski definition) is 1. The second-order valence-corrected chi connectivity index (χ2v) is 7.31. The Hall–Kier alpha value is -1.40. The van der Waals surface area contributed by atoms with Crippen molar-refractivity contribution < 1.29 is 13.2 Å². The molecule has 1 aromatic heterocycles. The monoisotopic (exact) mass is 314 g/mol. The summed E-state index contributed by atoms with van der Waals surface area (Å²) in [5, 5.41) is 4.02. The Labute approximate surface area is 123 Å². The zero-order valence-corrected chi connectivity index (χ0v) is 12.7. The van der Waals surface area contributed by atoms with Crippen LogP contribution in [0.1, 0.15) is 35.8 Å². The van der Waals surface area contributed by atoms with Crippen molar-refractivity contribution in [3.63, 3.8) is 0 Å². The molecule has 20 heavy (non-hydrogen) atoms. The number of nitrogens with one attached hydrogen (secondary N) is 1. The molecule has 2 rings (SSSR count). The van der Waals surface area contributed by atoms with E-state index in [9.17, 15) is 13.2 Å². The van der Waals surface area contributed by atoms with E-state index in [0.717, 1.165) is 11.1 Å². The molecule has 0 saturated carbocycles. The fourth-order valence-electron chi connectivity index (χ4n) is 1.86. The number of hydrogen-bond acceptors (Lipinski definition) is 4. The zero-order chi connectivity index (χ0) is 14.9. The van der Waals surface area contributed by atoms with Gasteiger partial charge in [-0.15, -0.1) is 0 Å². The topological polar surface area (TPSA) is 76.1 Å². The van der Waals surface area contributed by atoms with Crippen molar-refractivity contribution >= 4 is 27.3 Å². The van der Waals surface area contributed by atoms with Crippen LogP contribution in [0, 0.1) is 0 Å². The smallest absolute Gasteiger partial charge is 0.251 e. The maximum Gasteiger partial charge on any atom is 0.251 e. The molecule has 0 saturated heterocycles. The predicted molar refractivity (Wildman–Crippen MR) is 77.5 cm³/mol. The third kappa shape index (κ3) is 3.58. The molecule has 0 aliphatic carbocycles. The highest BCUT2D eigenvalue weighted by Crippen LogP contribution is 2.18. The van der Waals surface area contributed by atoms with Crippen LogP contribution in [0.4, 0.5) is 0 Å². The van der Waals surface area contributed by atoms with Crippen LogP contribution >= 0.6 is 11.6 Å². The van der Waals surface area contributed by atoms with Gasteiger partial charge in [0.05, 0.1) is 11.8 Å². The Morgan fingerprint density at radius 3 is 2.70 bits per heavy atom. The lowest BCUT2D eigenvalue weighted by Crippen LogP contribution is -2.35. The van der Waals surface area contributed by atoms with Crippen LogP contribution in [0.3, 0.4) is 0 Å². The van der Waals surface area contributed by atoms with Gasteiger partial charge >= 0.3 is 0 Å². The van der Waals surface area contributed by atoms with Crippen molar-refractivity contribution in [2.45, 2.75) is 25.8 Å². The summed E-state index contributed by atoms with van der Waals surface area (Å²) in [6, 6.07) is 2.64. The molecule has 0 aromatic carbocycles. The molecule has 1 N–H and O–H groups in total. The molecule has 1 aliphatic rings. The standard InChI is InChI=1S/C13H15ClN2O3S/c1-8(2)11-5-9(6-12(14)16-11)13(17)15-10-3-4-20(18,19)7-10/h3-6,8,10H,7H2,1-2H3,(H,15,17). The molecule has 0 bridgehead atoms. The normalized spacial score (nSPS) is 20.3. The summed E-state index contributed by atoms with van der Waals surface area (Å²) in [6.45, 7) is 3.90. The maximum atomic E-state index is 12.1. The fourth-order valence-corrected chi connectivity index (χ4v) is 3.31. The zero-order valence-electron chi connectivity index (χ0n) is 11.1. The average molecular weight is 315 g/mol. The molecular weight excluding hydrogens is 300 g/mol. The van der Waals surface area contributed by atoms with Crippen LogP contribution in [0.5, 0.6) is 0 Å². The van der Waals surface area contributed by atoms with Crippen molar-refractivity contribution in [2.24, 2.45) is 0 Å². The van der Waals surface area contributed by atoms with E-state index in [2.05, 4.69) is 10.3 Å². The summed E-state index contributed by atoms with van der Waals surface area (Å²) < 4.78 is 22.6. The largest absolute Gasteiger partial charge is 0.345 e. The quantitative estimate of drug-likeness (QED) is 0.865. The highest BCUT2D eigenvalue weighted by molar-refractivity contribution is 7.94. The molecule has 2 heterocycles. The van der Waals surface area contributed by atoms with Crippen molar-refractivity contribution in [3.05, 3.63) is 40.0 Å². The number of carbonyl (C=O) groups excluding carboxylic acids is 1. The maximum absolute atomic E-state index is 12.1. The number of carbonyl (C=O) groups is 1.